The van der Waals surface area contributed by atoms with Crippen molar-refractivity contribution in [1.82, 2.24) is 9.97 Å². The van der Waals surface area contributed by atoms with Crippen molar-refractivity contribution in [3.05, 3.63) is 62.7 Å². The molecular weight excluding hydrogens is 227 g/mol. The monoisotopic (exact) mass is 236 g/mol. The van der Waals surface area contributed by atoms with E-state index in [1.807, 2.05) is 4.98 Å². The van der Waals surface area contributed by atoms with E-state index in [9.17, 15) is 14.0 Å². The molecule has 2 N–H and O–H groups in total. The smallest absolute Gasteiger partial charge is 0.326 e. The highest BCUT2D eigenvalue weighted by Crippen LogP contribution is 2.11. The van der Waals surface area contributed by atoms with Crippen LogP contribution in [0.5, 0.6) is 5.75 Å². The molecule has 6 heteroatoms. The normalized spacial score (nSPS) is 10.2. The molecule has 1 aromatic carbocycles. The van der Waals surface area contributed by atoms with Crippen molar-refractivity contribution in [3.8, 4) is 5.75 Å². The second-order valence-electron chi connectivity index (χ2n) is 3.36. The van der Waals surface area contributed by atoms with Gasteiger partial charge in [-0.3, -0.25) is 9.78 Å². The van der Waals surface area contributed by atoms with Crippen LogP contribution in [0, 0.1) is 5.82 Å². The lowest BCUT2D eigenvalue weighted by Crippen LogP contribution is -2.23. The lowest BCUT2D eigenvalue weighted by molar-refractivity contribution is 0.300. The molecule has 0 radical (unpaired) electrons. The van der Waals surface area contributed by atoms with Crippen molar-refractivity contribution in [1.29, 1.82) is 0 Å². The Morgan fingerprint density at radius 3 is 2.47 bits per heavy atom. The van der Waals surface area contributed by atoms with Crippen LogP contribution in [0.15, 0.2) is 39.9 Å². The number of halogens is 1. The van der Waals surface area contributed by atoms with E-state index in [2.05, 4.69) is 4.98 Å². The largest absolute Gasteiger partial charge is 0.487 e. The second-order valence-corrected chi connectivity index (χ2v) is 3.36. The Morgan fingerprint density at radius 2 is 1.82 bits per heavy atom. The van der Waals surface area contributed by atoms with E-state index in [0.717, 1.165) is 0 Å². The third-order valence-corrected chi connectivity index (χ3v) is 2.02. The Balaban J connectivity index is 2.09. The zero-order chi connectivity index (χ0) is 12.3. The van der Waals surface area contributed by atoms with E-state index < -0.39 is 11.2 Å². The average Bonchev–Trinajstić information content (AvgIpc) is 2.27. The van der Waals surface area contributed by atoms with Crippen LogP contribution in [0.3, 0.4) is 0 Å². The molecule has 0 spiro atoms. The molecule has 0 amide bonds. The number of hydrogen-bond acceptors (Lipinski definition) is 3. The van der Waals surface area contributed by atoms with Gasteiger partial charge in [-0.15, -0.1) is 0 Å². The van der Waals surface area contributed by atoms with Gasteiger partial charge in [0, 0.05) is 6.07 Å². The average molecular weight is 236 g/mol. The number of rotatable bonds is 3. The summed E-state index contributed by atoms with van der Waals surface area (Å²) < 4.78 is 17.9. The van der Waals surface area contributed by atoms with Crippen molar-refractivity contribution in [3.63, 3.8) is 0 Å². The summed E-state index contributed by atoms with van der Waals surface area (Å²) in [5.74, 6) is 0.0921. The quantitative estimate of drug-likeness (QED) is 0.827. The molecule has 2 rings (SSSR count). The van der Waals surface area contributed by atoms with Gasteiger partial charge < -0.3 is 9.72 Å². The minimum Gasteiger partial charge on any atom is -0.487 e. The summed E-state index contributed by atoms with van der Waals surface area (Å²) in [7, 11) is 0. The molecule has 0 saturated carbocycles. The number of aromatic nitrogens is 2. The summed E-state index contributed by atoms with van der Waals surface area (Å²) in [6.07, 6.45) is 0. The fraction of sp³-hybridized carbons (Fsp3) is 0.0909. The molecule has 0 fully saturated rings. The summed E-state index contributed by atoms with van der Waals surface area (Å²) in [6, 6.07) is 6.66. The Morgan fingerprint density at radius 1 is 1.12 bits per heavy atom. The highest BCUT2D eigenvalue weighted by molar-refractivity contribution is 5.22. The highest BCUT2D eigenvalue weighted by Gasteiger charge is 1.99. The van der Waals surface area contributed by atoms with Crippen LogP contribution >= 0.6 is 0 Å². The van der Waals surface area contributed by atoms with E-state index in [4.69, 9.17) is 4.74 Å². The van der Waals surface area contributed by atoms with E-state index in [1.165, 1.54) is 30.3 Å². The van der Waals surface area contributed by atoms with Gasteiger partial charge in [-0.1, -0.05) is 0 Å². The fourth-order valence-corrected chi connectivity index (χ4v) is 1.29. The molecule has 0 aliphatic carbocycles. The van der Waals surface area contributed by atoms with Gasteiger partial charge >= 0.3 is 5.69 Å². The summed E-state index contributed by atoms with van der Waals surface area (Å²) >= 11 is 0. The van der Waals surface area contributed by atoms with Gasteiger partial charge in [0.1, 0.15) is 18.2 Å². The summed E-state index contributed by atoms with van der Waals surface area (Å²) in [4.78, 5) is 26.4. The molecule has 17 heavy (non-hydrogen) atoms. The lowest BCUT2D eigenvalue weighted by Gasteiger charge is -2.05. The Bertz CT molecular complexity index is 587. The van der Waals surface area contributed by atoms with E-state index in [1.54, 1.807) is 0 Å². The highest BCUT2D eigenvalue weighted by atomic mass is 19.1. The Labute approximate surface area is 94.9 Å². The second kappa shape index (κ2) is 4.65. The molecule has 0 bridgehead atoms. The van der Waals surface area contributed by atoms with E-state index in [-0.39, 0.29) is 12.4 Å². The molecule has 0 atom stereocenters. The zero-order valence-electron chi connectivity index (χ0n) is 8.70. The van der Waals surface area contributed by atoms with Crippen molar-refractivity contribution in [2.24, 2.45) is 0 Å². The lowest BCUT2D eigenvalue weighted by atomic mass is 10.3. The standard InChI is InChI=1S/C11H9FN2O3/c12-7-1-3-9(4-2-7)17-6-8-5-10(15)14-11(16)13-8/h1-5H,6H2,(H2,13,14,15,16). The minimum absolute atomic E-state index is 0.0325. The fourth-order valence-electron chi connectivity index (χ4n) is 1.29. The predicted octanol–water partition coefficient (Wildman–Crippen LogP) is 0.781. The summed E-state index contributed by atoms with van der Waals surface area (Å²) in [6.45, 7) is 0.0325. The van der Waals surface area contributed by atoms with Crippen LogP contribution in [0.1, 0.15) is 5.69 Å². The first-order chi connectivity index (χ1) is 8.13. The summed E-state index contributed by atoms with van der Waals surface area (Å²) in [5.41, 5.74) is -0.732. The van der Waals surface area contributed by atoms with Gasteiger partial charge in [0.05, 0.1) is 5.69 Å². The third-order valence-electron chi connectivity index (χ3n) is 2.02. The zero-order valence-corrected chi connectivity index (χ0v) is 8.70. The molecule has 5 nitrogen and oxygen atoms in total. The summed E-state index contributed by atoms with van der Waals surface area (Å²) in [5, 5.41) is 0. The number of ether oxygens (including phenoxy) is 1. The number of hydrogen-bond donors (Lipinski definition) is 2. The molecule has 1 aromatic heterocycles. The van der Waals surface area contributed by atoms with Gasteiger partial charge in [-0.2, -0.15) is 0 Å². The molecule has 88 valence electrons. The molecule has 0 aliphatic rings. The maximum atomic E-state index is 12.6. The van der Waals surface area contributed by atoms with Gasteiger partial charge in [-0.05, 0) is 24.3 Å². The topological polar surface area (TPSA) is 75.0 Å². The SMILES string of the molecule is O=c1cc(COc2ccc(F)cc2)[nH]c(=O)[nH]1. The first-order valence-electron chi connectivity index (χ1n) is 4.84. The van der Waals surface area contributed by atoms with Crippen LogP contribution in [-0.2, 0) is 6.61 Å². The maximum Gasteiger partial charge on any atom is 0.326 e. The first-order valence-corrected chi connectivity index (χ1v) is 4.84. The molecule has 0 aliphatic heterocycles. The van der Waals surface area contributed by atoms with Crippen LogP contribution in [0.25, 0.3) is 0 Å². The van der Waals surface area contributed by atoms with Crippen LogP contribution in [0.2, 0.25) is 0 Å². The van der Waals surface area contributed by atoms with Crippen LogP contribution in [0.4, 0.5) is 4.39 Å². The Hall–Kier alpha value is -2.37. The van der Waals surface area contributed by atoms with Gasteiger partial charge in [-0.25, -0.2) is 9.18 Å². The van der Waals surface area contributed by atoms with Gasteiger partial charge in [0.25, 0.3) is 5.56 Å². The van der Waals surface area contributed by atoms with Crippen LogP contribution in [-0.4, -0.2) is 9.97 Å². The van der Waals surface area contributed by atoms with Crippen molar-refractivity contribution in [2.45, 2.75) is 6.61 Å². The van der Waals surface area contributed by atoms with Crippen molar-refractivity contribution < 1.29 is 9.13 Å². The number of nitrogens with one attached hydrogen (secondary N) is 2. The number of benzene rings is 1. The molecule has 0 unspecified atom stereocenters. The third kappa shape index (κ3) is 3.04. The van der Waals surface area contributed by atoms with E-state index >= 15 is 0 Å². The van der Waals surface area contributed by atoms with Crippen molar-refractivity contribution >= 4 is 0 Å². The number of aromatic amines is 2. The Kier molecular flexibility index (Phi) is 3.04. The molecule has 0 saturated heterocycles. The van der Waals surface area contributed by atoms with E-state index in [0.29, 0.717) is 11.4 Å². The molecule has 2 aromatic rings. The predicted molar refractivity (Wildman–Crippen MR) is 58.4 cm³/mol. The van der Waals surface area contributed by atoms with Gasteiger partial charge in [0.2, 0.25) is 0 Å². The molecule has 1 heterocycles. The first kappa shape index (κ1) is 11.1. The van der Waals surface area contributed by atoms with Gasteiger partial charge in [0.15, 0.2) is 0 Å². The number of H-pyrrole nitrogens is 2. The van der Waals surface area contributed by atoms with Crippen molar-refractivity contribution in [2.75, 3.05) is 0 Å². The maximum absolute atomic E-state index is 12.6. The van der Waals surface area contributed by atoms with Crippen LogP contribution < -0.4 is 16.0 Å². The minimum atomic E-state index is -0.588. The molecular formula is C11H9FN2O3.